The Bertz CT molecular complexity index is 1310. The summed E-state index contributed by atoms with van der Waals surface area (Å²) in [5.41, 5.74) is 1.87. The number of nitrogens with zero attached hydrogens (tertiary/aromatic N) is 2. The molecule has 1 aliphatic rings. The number of ketones is 1. The predicted molar refractivity (Wildman–Crippen MR) is 134 cm³/mol. The molecule has 1 heterocycles. The molecule has 1 aliphatic heterocycles. The zero-order chi connectivity index (χ0) is 24.6. The molecule has 1 atom stereocenters. The molecule has 7 heteroatoms. The second-order valence-electron chi connectivity index (χ2n) is 8.69. The number of carbonyl (C=O) groups is 2. The van der Waals surface area contributed by atoms with Gasteiger partial charge in [0.1, 0.15) is 11.5 Å². The summed E-state index contributed by atoms with van der Waals surface area (Å²) in [5.74, 6) is -1.42. The fourth-order valence-electron chi connectivity index (χ4n) is 4.49. The number of ether oxygens (including phenoxy) is 1. The maximum Gasteiger partial charge on any atom is 0.295 e. The summed E-state index contributed by atoms with van der Waals surface area (Å²) in [6.07, 6.45) is 0. The highest BCUT2D eigenvalue weighted by molar-refractivity contribution is 6.47. The van der Waals surface area contributed by atoms with Gasteiger partial charge in [0.25, 0.3) is 11.7 Å². The molecule has 1 saturated heterocycles. The predicted octanol–water partition coefficient (Wildman–Crippen LogP) is 4.79. The van der Waals surface area contributed by atoms with Crippen LogP contribution in [0.3, 0.4) is 0 Å². The van der Waals surface area contributed by atoms with Crippen molar-refractivity contribution in [1.82, 2.24) is 9.80 Å². The van der Waals surface area contributed by atoms with Crippen molar-refractivity contribution in [2.24, 2.45) is 0 Å². The van der Waals surface area contributed by atoms with Crippen LogP contribution >= 0.6 is 11.6 Å². The van der Waals surface area contributed by atoms with Crippen molar-refractivity contribution >= 4 is 39.8 Å². The summed E-state index contributed by atoms with van der Waals surface area (Å²) in [4.78, 5) is 30.1. The molecule has 3 aromatic rings. The van der Waals surface area contributed by atoms with Gasteiger partial charge in [-0.2, -0.15) is 0 Å². The highest BCUT2D eigenvalue weighted by Crippen LogP contribution is 2.44. The maximum absolute atomic E-state index is 13.4. The van der Waals surface area contributed by atoms with Gasteiger partial charge in [-0.05, 0) is 55.1 Å². The third kappa shape index (κ3) is 4.15. The first kappa shape index (κ1) is 23.8. The molecule has 0 spiro atoms. The molecule has 34 heavy (non-hydrogen) atoms. The third-order valence-electron chi connectivity index (χ3n) is 6.09. The van der Waals surface area contributed by atoms with Crippen molar-refractivity contribution in [3.8, 4) is 5.75 Å². The summed E-state index contributed by atoms with van der Waals surface area (Å²) in [6, 6.07) is 16.2. The zero-order valence-electron chi connectivity index (χ0n) is 19.6. The van der Waals surface area contributed by atoms with Crippen molar-refractivity contribution in [3.05, 3.63) is 81.9 Å². The maximum atomic E-state index is 13.4. The van der Waals surface area contributed by atoms with Crippen molar-refractivity contribution in [2.45, 2.75) is 13.0 Å². The minimum Gasteiger partial charge on any atom is -0.507 e. The average Bonchev–Trinajstić information content (AvgIpc) is 3.06. The van der Waals surface area contributed by atoms with E-state index in [0.717, 1.165) is 21.9 Å². The van der Waals surface area contributed by atoms with E-state index in [2.05, 4.69) is 0 Å². The fourth-order valence-corrected chi connectivity index (χ4v) is 4.84. The lowest BCUT2D eigenvalue weighted by molar-refractivity contribution is -0.140. The van der Waals surface area contributed by atoms with Crippen LogP contribution < -0.4 is 4.74 Å². The molecule has 0 bridgehead atoms. The zero-order valence-corrected chi connectivity index (χ0v) is 20.4. The lowest BCUT2D eigenvalue weighted by atomic mass is 9.91. The number of aryl methyl sites for hydroxylation is 1. The van der Waals surface area contributed by atoms with E-state index in [-0.39, 0.29) is 22.6 Å². The molecular weight excluding hydrogens is 452 g/mol. The minimum absolute atomic E-state index is 0.0278. The molecule has 6 nitrogen and oxygen atoms in total. The molecule has 0 radical (unpaired) electrons. The van der Waals surface area contributed by atoms with Gasteiger partial charge in [-0.25, -0.2) is 0 Å². The van der Waals surface area contributed by atoms with Crippen LogP contribution in [0.25, 0.3) is 16.5 Å². The number of carbonyl (C=O) groups excluding carboxylic acids is 2. The van der Waals surface area contributed by atoms with Crippen LogP contribution in [0, 0.1) is 6.92 Å². The quantitative estimate of drug-likeness (QED) is 0.313. The van der Waals surface area contributed by atoms with Gasteiger partial charge in [-0.15, -0.1) is 0 Å². The number of fused-ring (bicyclic) bond motifs is 1. The highest BCUT2D eigenvalue weighted by atomic mass is 35.5. The SMILES string of the molecule is COc1c(Cl)cc(C)cc1/C(O)=C1\C(=O)C(=O)N(CCN(C)C)C1c1cccc2ccccc12. The molecule has 3 aromatic carbocycles. The van der Waals surface area contributed by atoms with E-state index in [0.29, 0.717) is 18.1 Å². The average molecular weight is 479 g/mol. The van der Waals surface area contributed by atoms with Gasteiger partial charge in [0.15, 0.2) is 0 Å². The molecule has 4 rings (SSSR count). The monoisotopic (exact) mass is 478 g/mol. The largest absolute Gasteiger partial charge is 0.507 e. The molecule has 1 fully saturated rings. The Balaban J connectivity index is 2.00. The van der Waals surface area contributed by atoms with Gasteiger partial charge in [-0.1, -0.05) is 54.1 Å². The smallest absolute Gasteiger partial charge is 0.295 e. The van der Waals surface area contributed by atoms with Crippen LogP contribution in [0.4, 0.5) is 0 Å². The van der Waals surface area contributed by atoms with Crippen molar-refractivity contribution in [3.63, 3.8) is 0 Å². The molecular formula is C27H27ClN2O4. The molecule has 1 unspecified atom stereocenters. The number of Topliss-reactive ketones (excluding diaryl/α,β-unsaturated/α-hetero) is 1. The minimum atomic E-state index is -0.755. The Morgan fingerprint density at radius 2 is 1.82 bits per heavy atom. The lowest BCUT2D eigenvalue weighted by Crippen LogP contribution is -2.35. The first-order chi connectivity index (χ1) is 16.2. The van der Waals surface area contributed by atoms with Crippen LogP contribution in [-0.2, 0) is 9.59 Å². The number of amides is 1. The highest BCUT2D eigenvalue weighted by Gasteiger charge is 2.46. The van der Waals surface area contributed by atoms with Crippen LogP contribution in [0.1, 0.15) is 22.7 Å². The van der Waals surface area contributed by atoms with Gasteiger partial charge in [0.2, 0.25) is 0 Å². The molecule has 1 N–H and O–H groups in total. The van der Waals surface area contributed by atoms with Crippen LogP contribution in [-0.4, -0.2) is 60.9 Å². The Labute approximate surface area is 204 Å². The first-order valence-electron chi connectivity index (χ1n) is 11.0. The number of likely N-dealkylation sites (N-methyl/N-ethyl adjacent to an activating group) is 1. The Kier molecular flexibility index (Phi) is 6.64. The summed E-state index contributed by atoms with van der Waals surface area (Å²) in [5, 5.41) is 13.7. The molecule has 1 amide bonds. The Hall–Kier alpha value is -3.35. The summed E-state index contributed by atoms with van der Waals surface area (Å²) in [7, 11) is 5.26. The van der Waals surface area contributed by atoms with Crippen LogP contribution in [0.5, 0.6) is 5.75 Å². The van der Waals surface area contributed by atoms with Crippen molar-refractivity contribution in [1.29, 1.82) is 0 Å². The van der Waals surface area contributed by atoms with Gasteiger partial charge in [0.05, 0.1) is 29.3 Å². The number of hydrogen-bond acceptors (Lipinski definition) is 5. The number of hydrogen-bond donors (Lipinski definition) is 1. The van der Waals surface area contributed by atoms with Crippen LogP contribution in [0.2, 0.25) is 5.02 Å². The van der Waals surface area contributed by atoms with E-state index in [1.807, 2.05) is 68.4 Å². The molecule has 176 valence electrons. The number of aliphatic hydroxyl groups excluding tert-OH is 1. The Morgan fingerprint density at radius 1 is 1.12 bits per heavy atom. The number of aliphatic hydroxyl groups is 1. The number of methoxy groups -OCH3 is 1. The van der Waals surface area contributed by atoms with Gasteiger partial charge >= 0.3 is 0 Å². The second kappa shape index (κ2) is 9.49. The van der Waals surface area contributed by atoms with Crippen LogP contribution in [0.15, 0.2) is 60.2 Å². The van der Waals surface area contributed by atoms with Gasteiger partial charge in [0, 0.05) is 13.1 Å². The number of rotatable bonds is 6. The first-order valence-corrected chi connectivity index (χ1v) is 11.4. The van der Waals surface area contributed by atoms with E-state index in [4.69, 9.17) is 16.3 Å². The standard InChI is InChI=1S/C27H27ClN2O4/c1-16-14-20(26(34-4)21(28)15-16)24(31)22-23(30(13-12-29(2)3)27(33)25(22)32)19-11-7-9-17-8-5-6-10-18(17)19/h5-11,14-15,23,31H,12-13H2,1-4H3/b24-22+. The van der Waals surface area contributed by atoms with E-state index in [1.165, 1.54) is 7.11 Å². The molecule has 0 aromatic heterocycles. The second-order valence-corrected chi connectivity index (χ2v) is 9.10. The number of benzene rings is 3. The number of likely N-dealkylation sites (tertiary alicyclic amines) is 1. The normalized spacial score (nSPS) is 17.7. The van der Waals surface area contributed by atoms with E-state index >= 15 is 0 Å². The third-order valence-corrected chi connectivity index (χ3v) is 6.37. The van der Waals surface area contributed by atoms with Gasteiger partial charge < -0.3 is 19.6 Å². The van der Waals surface area contributed by atoms with Gasteiger partial charge in [-0.3, -0.25) is 9.59 Å². The van der Waals surface area contributed by atoms with E-state index in [9.17, 15) is 14.7 Å². The molecule has 0 aliphatic carbocycles. The fraction of sp³-hybridized carbons (Fsp3) is 0.259. The lowest BCUT2D eigenvalue weighted by Gasteiger charge is -2.27. The number of halogens is 1. The van der Waals surface area contributed by atoms with Crippen molar-refractivity contribution < 1.29 is 19.4 Å². The summed E-state index contributed by atoms with van der Waals surface area (Å²) in [6.45, 7) is 2.72. The topological polar surface area (TPSA) is 70.1 Å². The van der Waals surface area contributed by atoms with E-state index in [1.54, 1.807) is 17.0 Å². The summed E-state index contributed by atoms with van der Waals surface area (Å²) < 4.78 is 5.45. The summed E-state index contributed by atoms with van der Waals surface area (Å²) >= 11 is 6.37. The van der Waals surface area contributed by atoms with Crippen molar-refractivity contribution in [2.75, 3.05) is 34.3 Å². The van der Waals surface area contributed by atoms with E-state index < -0.39 is 17.7 Å². The molecule has 0 saturated carbocycles. The Morgan fingerprint density at radius 3 is 2.53 bits per heavy atom.